The number of hydrogen-bond donors (Lipinski definition) is 0. The predicted molar refractivity (Wildman–Crippen MR) is 47.4 cm³/mol. The van der Waals surface area contributed by atoms with E-state index in [1.165, 1.54) is 11.1 Å². The van der Waals surface area contributed by atoms with E-state index < -0.39 is 0 Å². The molecule has 1 aromatic carbocycles. The Hall–Kier alpha value is -0.223. The molecule has 0 unspecified atom stereocenters. The second-order valence-corrected chi connectivity index (χ2v) is 3.13. The Balaban J connectivity index is 0.00000121. The smallest absolute Gasteiger partial charge is 0.307 e. The van der Waals surface area contributed by atoms with Crippen LogP contribution >= 0.6 is 0 Å². The van der Waals surface area contributed by atoms with Crippen molar-refractivity contribution in [1.82, 2.24) is 4.90 Å². The van der Waals surface area contributed by atoms with Gasteiger partial charge in [0.2, 0.25) is 0 Å². The summed E-state index contributed by atoms with van der Waals surface area (Å²) in [5.41, 5.74) is 2.52. The average molecular weight is 155 g/mol. The van der Waals surface area contributed by atoms with Crippen molar-refractivity contribution in [2.24, 2.45) is 0 Å². The van der Waals surface area contributed by atoms with Gasteiger partial charge in [-0.05, 0) is 14.1 Å². The summed E-state index contributed by atoms with van der Waals surface area (Å²) in [7, 11) is 4.13. The zero-order valence-electron chi connectivity index (χ0n) is 8.39. The van der Waals surface area contributed by atoms with Gasteiger partial charge >= 0.3 is 18.9 Å². The average Bonchev–Trinajstić information content (AvgIpc) is 1.93. The van der Waals surface area contributed by atoms with Gasteiger partial charge < -0.3 is 4.90 Å². The molecule has 12 heavy (non-hydrogen) atoms. The Labute approximate surface area is 86.9 Å². The zero-order chi connectivity index (χ0) is 8.27. The third-order valence-corrected chi connectivity index (χ3v) is 1.52. The summed E-state index contributed by atoms with van der Waals surface area (Å²) in [6.45, 7) is 3.05. The second kappa shape index (κ2) is 5.43. The molecule has 0 saturated heterocycles. The molecule has 2 heteroatoms. The van der Waals surface area contributed by atoms with Crippen LogP contribution in [0.2, 0.25) is 0 Å². The van der Waals surface area contributed by atoms with Crippen LogP contribution in [0, 0.1) is 13.0 Å². The number of rotatable bonds is 2. The van der Waals surface area contributed by atoms with Crippen LogP contribution in [-0.4, -0.2) is 19.0 Å². The van der Waals surface area contributed by atoms with Gasteiger partial charge in [0.05, 0.1) is 0 Å². The number of hydrogen-bond acceptors (Lipinski definition) is 1. The third-order valence-electron chi connectivity index (χ3n) is 1.52. The minimum atomic E-state index is 0. The molecule has 0 aliphatic carbocycles. The molecular weight excluding hydrogens is 141 g/mol. The largest absolute Gasteiger partial charge is 1.00 e. The SMILES string of the molecule is Cc1c[c-]c(CN(C)C)cc1.[Li+]. The molecule has 0 fully saturated rings. The molecule has 0 spiro atoms. The van der Waals surface area contributed by atoms with Gasteiger partial charge in [0.1, 0.15) is 0 Å². The summed E-state index contributed by atoms with van der Waals surface area (Å²) in [4.78, 5) is 2.14. The summed E-state index contributed by atoms with van der Waals surface area (Å²) in [5, 5.41) is 0. The van der Waals surface area contributed by atoms with Crippen LogP contribution in [0.25, 0.3) is 0 Å². The van der Waals surface area contributed by atoms with E-state index in [-0.39, 0.29) is 18.9 Å². The van der Waals surface area contributed by atoms with Crippen LogP contribution in [-0.2, 0) is 6.54 Å². The Morgan fingerprint density at radius 1 is 1.33 bits per heavy atom. The molecule has 0 heterocycles. The Bertz CT molecular complexity index is 216. The van der Waals surface area contributed by atoms with Crippen LogP contribution in [0.15, 0.2) is 18.2 Å². The topological polar surface area (TPSA) is 3.24 Å². The first-order valence-corrected chi connectivity index (χ1v) is 3.80. The monoisotopic (exact) mass is 155 g/mol. The number of benzene rings is 1. The first kappa shape index (κ1) is 11.8. The van der Waals surface area contributed by atoms with E-state index in [1.54, 1.807) is 0 Å². The van der Waals surface area contributed by atoms with E-state index in [0.29, 0.717) is 0 Å². The van der Waals surface area contributed by atoms with Gasteiger partial charge in [0.25, 0.3) is 0 Å². The van der Waals surface area contributed by atoms with Gasteiger partial charge in [-0.25, -0.2) is 0 Å². The maximum atomic E-state index is 3.23. The molecule has 1 aromatic rings. The maximum absolute atomic E-state index is 3.23. The summed E-state index contributed by atoms with van der Waals surface area (Å²) in [5.74, 6) is 0. The van der Waals surface area contributed by atoms with E-state index in [1.807, 2.05) is 6.07 Å². The molecule has 0 amide bonds. The normalized spacial score (nSPS) is 9.67. The fourth-order valence-electron chi connectivity index (χ4n) is 0.974. The molecule has 0 N–H and O–H groups in total. The molecule has 0 radical (unpaired) electrons. The molecule has 1 rings (SSSR count). The molecule has 0 saturated carbocycles. The minimum Gasteiger partial charge on any atom is -0.307 e. The summed E-state index contributed by atoms with van der Waals surface area (Å²) in [6, 6.07) is 9.49. The van der Waals surface area contributed by atoms with Crippen LogP contribution in [0.3, 0.4) is 0 Å². The fraction of sp³-hybridized carbons (Fsp3) is 0.400. The predicted octanol–water partition coefficient (Wildman–Crippen LogP) is -1.14. The molecule has 0 aliphatic rings. The molecule has 0 aliphatic heterocycles. The summed E-state index contributed by atoms with van der Waals surface area (Å²) >= 11 is 0. The van der Waals surface area contributed by atoms with Crippen LogP contribution in [0.4, 0.5) is 0 Å². The van der Waals surface area contributed by atoms with Crippen LogP contribution < -0.4 is 18.9 Å². The second-order valence-electron chi connectivity index (χ2n) is 3.13. The van der Waals surface area contributed by atoms with Gasteiger partial charge in [0.15, 0.2) is 0 Å². The van der Waals surface area contributed by atoms with Crippen molar-refractivity contribution >= 4 is 0 Å². The number of nitrogens with zero attached hydrogens (tertiary/aromatic N) is 1. The molecule has 0 bridgehead atoms. The van der Waals surface area contributed by atoms with Crippen molar-refractivity contribution in [2.45, 2.75) is 13.5 Å². The Morgan fingerprint density at radius 2 is 2.00 bits per heavy atom. The zero-order valence-corrected chi connectivity index (χ0v) is 8.39. The van der Waals surface area contributed by atoms with E-state index in [9.17, 15) is 0 Å². The van der Waals surface area contributed by atoms with Crippen molar-refractivity contribution in [3.8, 4) is 0 Å². The molecule has 60 valence electrons. The van der Waals surface area contributed by atoms with Gasteiger partial charge in [-0.15, -0.1) is 5.56 Å². The fourth-order valence-corrected chi connectivity index (χ4v) is 0.974. The van der Waals surface area contributed by atoms with Gasteiger partial charge in [-0.3, -0.25) is 0 Å². The van der Waals surface area contributed by atoms with E-state index in [2.05, 4.69) is 44.1 Å². The molecule has 0 aromatic heterocycles. The Kier molecular flexibility index (Phi) is 5.33. The van der Waals surface area contributed by atoms with Gasteiger partial charge in [-0.1, -0.05) is 6.92 Å². The summed E-state index contributed by atoms with van der Waals surface area (Å²) < 4.78 is 0. The first-order chi connectivity index (χ1) is 5.18. The van der Waals surface area contributed by atoms with Crippen molar-refractivity contribution in [3.05, 3.63) is 35.4 Å². The van der Waals surface area contributed by atoms with Gasteiger partial charge in [0, 0.05) is 6.54 Å². The minimum absolute atomic E-state index is 0. The van der Waals surface area contributed by atoms with Gasteiger partial charge in [-0.2, -0.15) is 29.8 Å². The maximum Gasteiger partial charge on any atom is 1.00 e. The standard InChI is InChI=1S/C10H14N.Li/c1-9-4-6-10(7-5-9)8-11(2)3;/h4-6H,8H2,1-3H3;/q-1;+1. The van der Waals surface area contributed by atoms with Crippen LogP contribution in [0.5, 0.6) is 0 Å². The van der Waals surface area contributed by atoms with Crippen LogP contribution in [0.1, 0.15) is 11.1 Å². The summed E-state index contributed by atoms with van der Waals surface area (Å²) in [6.07, 6.45) is 0. The number of aryl methyl sites for hydroxylation is 1. The van der Waals surface area contributed by atoms with E-state index >= 15 is 0 Å². The van der Waals surface area contributed by atoms with E-state index in [0.717, 1.165) is 6.54 Å². The van der Waals surface area contributed by atoms with E-state index in [4.69, 9.17) is 0 Å². The molecule has 1 nitrogen and oxygen atoms in total. The quantitative estimate of drug-likeness (QED) is 0.385. The van der Waals surface area contributed by atoms with Crippen molar-refractivity contribution in [3.63, 3.8) is 0 Å². The third kappa shape index (κ3) is 3.97. The van der Waals surface area contributed by atoms with Crippen molar-refractivity contribution in [1.29, 1.82) is 0 Å². The van der Waals surface area contributed by atoms with Crippen molar-refractivity contribution in [2.75, 3.05) is 14.1 Å². The first-order valence-electron chi connectivity index (χ1n) is 3.80. The molecule has 0 atom stereocenters. The molecular formula is C10H14LiN. The Morgan fingerprint density at radius 3 is 2.42 bits per heavy atom. The van der Waals surface area contributed by atoms with Crippen molar-refractivity contribution < 1.29 is 18.9 Å².